The fraction of sp³-hybridized carbons (Fsp3) is 0.562. The lowest BCUT2D eigenvalue weighted by Crippen LogP contribution is -1.90. The van der Waals surface area contributed by atoms with Crippen molar-refractivity contribution < 1.29 is 9.21 Å². The van der Waals surface area contributed by atoms with E-state index in [9.17, 15) is 4.79 Å². The number of carbonyl (C=O) groups is 1. The summed E-state index contributed by atoms with van der Waals surface area (Å²) in [6.45, 7) is 2.24. The predicted octanol–water partition coefficient (Wildman–Crippen LogP) is 5.16. The second kappa shape index (κ2) is 9.69. The van der Waals surface area contributed by atoms with Gasteiger partial charge in [-0.25, -0.2) is 0 Å². The average Bonchev–Trinajstić information content (AvgIpc) is 2.90. The van der Waals surface area contributed by atoms with Crippen molar-refractivity contribution in [1.29, 1.82) is 0 Å². The third-order valence-electron chi connectivity index (χ3n) is 3.01. The summed E-state index contributed by atoms with van der Waals surface area (Å²) in [5.41, 5.74) is 0. The molecule has 1 aromatic rings. The summed E-state index contributed by atoms with van der Waals surface area (Å²) in [7, 11) is 0. The molecule has 0 saturated heterocycles. The van der Waals surface area contributed by atoms with Crippen LogP contribution in [0.4, 0.5) is 0 Å². The Bertz CT molecular complexity index is 336. The van der Waals surface area contributed by atoms with Gasteiger partial charge in [-0.3, -0.25) is 4.79 Å². The van der Waals surface area contributed by atoms with Gasteiger partial charge in [0.2, 0.25) is 5.78 Å². The lowest BCUT2D eigenvalue weighted by atomic mass is 10.1. The maximum absolute atomic E-state index is 11.5. The second-order valence-corrected chi connectivity index (χ2v) is 4.65. The van der Waals surface area contributed by atoms with E-state index in [1.165, 1.54) is 51.2 Å². The predicted molar refractivity (Wildman–Crippen MR) is 74.8 cm³/mol. The van der Waals surface area contributed by atoms with Gasteiger partial charge in [-0.15, -0.1) is 0 Å². The molecule has 0 radical (unpaired) electrons. The third-order valence-corrected chi connectivity index (χ3v) is 3.01. The molecule has 1 heterocycles. The highest BCUT2D eigenvalue weighted by molar-refractivity contribution is 6.02. The number of furan rings is 1. The minimum absolute atomic E-state index is 0.0389. The van der Waals surface area contributed by atoms with Gasteiger partial charge in [0, 0.05) is 0 Å². The molecule has 0 amide bonds. The van der Waals surface area contributed by atoms with Gasteiger partial charge in [-0.1, -0.05) is 51.5 Å². The molecule has 0 spiro atoms. The molecule has 1 rings (SSSR count). The molecule has 2 nitrogen and oxygen atoms in total. The first kappa shape index (κ1) is 14.7. The van der Waals surface area contributed by atoms with Crippen LogP contribution >= 0.6 is 0 Å². The van der Waals surface area contributed by atoms with Crippen molar-refractivity contribution >= 4 is 5.78 Å². The van der Waals surface area contributed by atoms with E-state index in [-0.39, 0.29) is 5.78 Å². The number of allylic oxidation sites excluding steroid dienone is 2. The van der Waals surface area contributed by atoms with Crippen LogP contribution in [-0.2, 0) is 0 Å². The van der Waals surface area contributed by atoms with Gasteiger partial charge >= 0.3 is 0 Å². The molecule has 0 aromatic carbocycles. The summed E-state index contributed by atoms with van der Waals surface area (Å²) < 4.78 is 5.03. The summed E-state index contributed by atoms with van der Waals surface area (Å²) in [6.07, 6.45) is 15.2. The highest BCUT2D eigenvalue weighted by atomic mass is 16.3. The molecule has 0 aliphatic rings. The fourth-order valence-corrected chi connectivity index (χ4v) is 1.91. The number of hydrogen-bond donors (Lipinski definition) is 0. The maximum atomic E-state index is 11.5. The van der Waals surface area contributed by atoms with Gasteiger partial charge in [0.1, 0.15) is 0 Å². The Labute approximate surface area is 110 Å². The van der Waals surface area contributed by atoms with E-state index in [2.05, 4.69) is 6.92 Å². The fourth-order valence-electron chi connectivity index (χ4n) is 1.91. The normalized spacial score (nSPS) is 11.2. The van der Waals surface area contributed by atoms with Crippen molar-refractivity contribution in [3.8, 4) is 0 Å². The van der Waals surface area contributed by atoms with E-state index in [1.54, 1.807) is 18.2 Å². The van der Waals surface area contributed by atoms with Crippen LogP contribution in [0.5, 0.6) is 0 Å². The Morgan fingerprint density at radius 1 is 1.17 bits per heavy atom. The molecule has 0 aliphatic heterocycles. The van der Waals surface area contributed by atoms with Crippen molar-refractivity contribution in [1.82, 2.24) is 0 Å². The molecule has 2 heteroatoms. The Morgan fingerprint density at radius 3 is 2.56 bits per heavy atom. The van der Waals surface area contributed by atoms with Gasteiger partial charge < -0.3 is 4.42 Å². The topological polar surface area (TPSA) is 30.2 Å². The highest BCUT2D eigenvalue weighted by Crippen LogP contribution is 2.09. The van der Waals surface area contributed by atoms with Crippen molar-refractivity contribution in [2.75, 3.05) is 0 Å². The maximum Gasteiger partial charge on any atom is 0.220 e. The van der Waals surface area contributed by atoms with E-state index in [0.717, 1.165) is 6.42 Å². The Hall–Kier alpha value is -1.31. The minimum Gasteiger partial charge on any atom is -0.461 e. The zero-order valence-electron chi connectivity index (χ0n) is 11.4. The summed E-state index contributed by atoms with van der Waals surface area (Å²) in [6, 6.07) is 3.43. The molecule has 1 aromatic heterocycles. The van der Waals surface area contributed by atoms with Crippen LogP contribution in [0.15, 0.2) is 35.0 Å². The first-order valence-electron chi connectivity index (χ1n) is 7.09. The van der Waals surface area contributed by atoms with Crippen LogP contribution in [-0.4, -0.2) is 5.78 Å². The smallest absolute Gasteiger partial charge is 0.220 e. The largest absolute Gasteiger partial charge is 0.461 e. The van der Waals surface area contributed by atoms with E-state index in [1.807, 2.05) is 6.08 Å². The van der Waals surface area contributed by atoms with Crippen molar-refractivity contribution in [3.63, 3.8) is 0 Å². The number of carbonyl (C=O) groups excluding carboxylic acids is 1. The van der Waals surface area contributed by atoms with Gasteiger partial charge in [0.25, 0.3) is 0 Å². The van der Waals surface area contributed by atoms with Crippen molar-refractivity contribution in [3.05, 3.63) is 36.3 Å². The SMILES string of the molecule is CCCCCCCCC/C=C/C(=O)c1ccco1. The molecular weight excluding hydrogens is 224 g/mol. The molecule has 0 atom stereocenters. The lowest BCUT2D eigenvalue weighted by molar-refractivity contribution is 0.102. The summed E-state index contributed by atoms with van der Waals surface area (Å²) in [5.74, 6) is 0.383. The van der Waals surface area contributed by atoms with E-state index in [4.69, 9.17) is 4.42 Å². The van der Waals surface area contributed by atoms with Gasteiger partial charge in [-0.2, -0.15) is 0 Å². The standard InChI is InChI=1S/C16H24O2/c1-2-3-4-5-6-7-8-9-10-12-15(17)16-13-11-14-18-16/h10-14H,2-9H2,1H3/b12-10+. The summed E-state index contributed by atoms with van der Waals surface area (Å²) >= 11 is 0. The third kappa shape index (κ3) is 6.43. The van der Waals surface area contributed by atoms with Crippen LogP contribution in [0, 0.1) is 0 Å². The molecular formula is C16H24O2. The lowest BCUT2D eigenvalue weighted by Gasteiger charge is -1.98. The van der Waals surface area contributed by atoms with Crippen molar-refractivity contribution in [2.45, 2.75) is 58.3 Å². The molecule has 0 bridgehead atoms. The summed E-state index contributed by atoms with van der Waals surface area (Å²) in [4.78, 5) is 11.5. The van der Waals surface area contributed by atoms with Gasteiger partial charge in [0.05, 0.1) is 6.26 Å². The molecule has 100 valence electrons. The average molecular weight is 248 g/mol. The quantitative estimate of drug-likeness (QED) is 0.325. The second-order valence-electron chi connectivity index (χ2n) is 4.65. The zero-order chi connectivity index (χ0) is 13.1. The Kier molecular flexibility index (Phi) is 7.94. The van der Waals surface area contributed by atoms with E-state index in [0.29, 0.717) is 5.76 Å². The molecule has 0 unspecified atom stereocenters. The number of ketones is 1. The van der Waals surface area contributed by atoms with Gasteiger partial charge in [0.15, 0.2) is 5.76 Å². The molecule has 0 fully saturated rings. The number of hydrogen-bond acceptors (Lipinski definition) is 2. The molecule has 0 saturated carbocycles. The van der Waals surface area contributed by atoms with Crippen LogP contribution in [0.25, 0.3) is 0 Å². The molecule has 18 heavy (non-hydrogen) atoms. The minimum atomic E-state index is -0.0389. The van der Waals surface area contributed by atoms with Crippen LogP contribution in [0.2, 0.25) is 0 Å². The van der Waals surface area contributed by atoms with Crippen LogP contribution < -0.4 is 0 Å². The monoisotopic (exact) mass is 248 g/mol. The van der Waals surface area contributed by atoms with Crippen LogP contribution in [0.3, 0.4) is 0 Å². The zero-order valence-corrected chi connectivity index (χ0v) is 11.4. The number of rotatable bonds is 10. The molecule has 0 aliphatic carbocycles. The first-order chi connectivity index (χ1) is 8.84. The Balaban J connectivity index is 1.99. The van der Waals surface area contributed by atoms with Gasteiger partial charge in [-0.05, 0) is 31.1 Å². The summed E-state index contributed by atoms with van der Waals surface area (Å²) in [5, 5.41) is 0. The van der Waals surface area contributed by atoms with E-state index >= 15 is 0 Å². The molecule has 0 N–H and O–H groups in total. The highest BCUT2D eigenvalue weighted by Gasteiger charge is 2.02. The van der Waals surface area contributed by atoms with Crippen LogP contribution in [0.1, 0.15) is 68.8 Å². The first-order valence-corrected chi connectivity index (χ1v) is 7.09. The Morgan fingerprint density at radius 2 is 1.89 bits per heavy atom. The van der Waals surface area contributed by atoms with Crippen molar-refractivity contribution in [2.24, 2.45) is 0 Å². The van der Waals surface area contributed by atoms with E-state index < -0.39 is 0 Å². The number of unbranched alkanes of at least 4 members (excludes halogenated alkanes) is 7.